The maximum atomic E-state index is 5.19. The molecule has 0 saturated heterocycles. The Hall–Kier alpha value is -0.120. The average molecular weight is 175 g/mol. The van der Waals surface area contributed by atoms with E-state index in [1.165, 1.54) is 0 Å². The molecule has 3 nitrogen and oxygen atoms in total. The molecular weight excluding hydrogens is 154 g/mol. The average Bonchev–Trinajstić information content (AvgIpc) is 2.02. The van der Waals surface area contributed by atoms with Crippen LogP contribution in [0.2, 0.25) is 0 Å². The van der Waals surface area contributed by atoms with E-state index in [1.807, 2.05) is 0 Å². The minimum absolute atomic E-state index is 0.175. The molecule has 0 spiro atoms. The molecule has 0 aliphatic heterocycles. The lowest BCUT2D eigenvalue weighted by atomic mass is 10.2. The summed E-state index contributed by atoms with van der Waals surface area (Å²) >= 11 is 0. The predicted molar refractivity (Wildman–Crippen MR) is 50.4 cm³/mol. The summed E-state index contributed by atoms with van der Waals surface area (Å²) in [4.78, 5) is 0. The van der Waals surface area contributed by atoms with Crippen molar-refractivity contribution in [2.75, 3.05) is 33.9 Å². The van der Waals surface area contributed by atoms with Crippen LogP contribution in [-0.2, 0) is 9.47 Å². The molecule has 3 heteroatoms. The molecule has 0 rings (SSSR count). The lowest BCUT2D eigenvalue weighted by molar-refractivity contribution is 0.0287. The number of rotatable bonds is 7. The van der Waals surface area contributed by atoms with Gasteiger partial charge in [0.25, 0.3) is 0 Å². The van der Waals surface area contributed by atoms with E-state index in [2.05, 4.69) is 19.2 Å². The van der Waals surface area contributed by atoms with E-state index in [-0.39, 0.29) is 6.10 Å². The number of nitrogens with one attached hydrogen (secondary N) is 1. The number of hydrogen-bond acceptors (Lipinski definition) is 3. The molecule has 0 aromatic carbocycles. The van der Waals surface area contributed by atoms with Gasteiger partial charge in [-0.1, -0.05) is 13.8 Å². The minimum atomic E-state index is 0.175. The van der Waals surface area contributed by atoms with Gasteiger partial charge in [0, 0.05) is 20.8 Å². The van der Waals surface area contributed by atoms with Gasteiger partial charge in [-0.05, 0) is 12.5 Å². The number of methoxy groups -OCH3 is 2. The minimum Gasteiger partial charge on any atom is -0.382 e. The first-order chi connectivity index (χ1) is 5.70. The molecule has 1 unspecified atom stereocenters. The summed E-state index contributed by atoms with van der Waals surface area (Å²) in [5, 5.41) is 3.32. The largest absolute Gasteiger partial charge is 0.382 e. The van der Waals surface area contributed by atoms with Gasteiger partial charge in [0.15, 0.2) is 0 Å². The molecule has 0 heterocycles. The van der Waals surface area contributed by atoms with E-state index in [4.69, 9.17) is 9.47 Å². The van der Waals surface area contributed by atoms with Crippen LogP contribution in [0.4, 0.5) is 0 Å². The number of ether oxygens (including phenoxy) is 2. The Labute approximate surface area is 75.4 Å². The van der Waals surface area contributed by atoms with E-state index in [0.29, 0.717) is 12.5 Å². The molecule has 0 radical (unpaired) electrons. The lowest BCUT2D eigenvalue weighted by Gasteiger charge is -2.15. The van der Waals surface area contributed by atoms with Crippen molar-refractivity contribution in [1.29, 1.82) is 0 Å². The van der Waals surface area contributed by atoms with Crippen LogP contribution in [0.1, 0.15) is 13.8 Å². The molecule has 0 aromatic rings. The molecule has 1 atom stereocenters. The molecule has 0 fully saturated rings. The maximum Gasteiger partial charge on any atom is 0.0928 e. The highest BCUT2D eigenvalue weighted by Crippen LogP contribution is 1.91. The highest BCUT2D eigenvalue weighted by Gasteiger charge is 2.05. The summed E-state index contributed by atoms with van der Waals surface area (Å²) in [5.41, 5.74) is 0. The summed E-state index contributed by atoms with van der Waals surface area (Å²) < 4.78 is 10.2. The summed E-state index contributed by atoms with van der Waals surface area (Å²) in [6, 6.07) is 0. The Bertz CT molecular complexity index is 96.5. The van der Waals surface area contributed by atoms with Crippen LogP contribution in [0, 0.1) is 5.92 Å². The van der Waals surface area contributed by atoms with Gasteiger partial charge in [0.05, 0.1) is 12.7 Å². The molecule has 74 valence electrons. The van der Waals surface area contributed by atoms with Crippen LogP contribution >= 0.6 is 0 Å². The van der Waals surface area contributed by atoms with Crippen molar-refractivity contribution < 1.29 is 9.47 Å². The smallest absolute Gasteiger partial charge is 0.0928 e. The van der Waals surface area contributed by atoms with Crippen molar-refractivity contribution in [2.24, 2.45) is 5.92 Å². The zero-order chi connectivity index (χ0) is 9.40. The van der Waals surface area contributed by atoms with Crippen molar-refractivity contribution in [3.8, 4) is 0 Å². The van der Waals surface area contributed by atoms with Crippen LogP contribution in [-0.4, -0.2) is 40.0 Å². The molecule has 1 N–H and O–H groups in total. The molecule has 0 aliphatic rings. The van der Waals surface area contributed by atoms with E-state index in [0.717, 1.165) is 13.1 Å². The topological polar surface area (TPSA) is 30.5 Å². The third-order valence-corrected chi connectivity index (χ3v) is 1.61. The van der Waals surface area contributed by atoms with Gasteiger partial charge in [-0.2, -0.15) is 0 Å². The Morgan fingerprint density at radius 3 is 2.25 bits per heavy atom. The van der Waals surface area contributed by atoms with Crippen molar-refractivity contribution in [1.82, 2.24) is 5.32 Å². The molecule has 12 heavy (non-hydrogen) atoms. The zero-order valence-corrected chi connectivity index (χ0v) is 8.59. The highest BCUT2D eigenvalue weighted by atomic mass is 16.5. The van der Waals surface area contributed by atoms with Gasteiger partial charge in [-0.15, -0.1) is 0 Å². The molecule has 0 aromatic heterocycles. The SMILES string of the molecule is COCC(CNCC(C)C)OC. The van der Waals surface area contributed by atoms with Crippen molar-refractivity contribution in [2.45, 2.75) is 20.0 Å². The van der Waals surface area contributed by atoms with E-state index in [9.17, 15) is 0 Å². The third-order valence-electron chi connectivity index (χ3n) is 1.61. The van der Waals surface area contributed by atoms with Crippen molar-refractivity contribution >= 4 is 0 Å². The van der Waals surface area contributed by atoms with Crippen LogP contribution < -0.4 is 5.32 Å². The fourth-order valence-corrected chi connectivity index (χ4v) is 0.929. The second-order valence-electron chi connectivity index (χ2n) is 3.37. The molecular formula is C9H21NO2. The fourth-order valence-electron chi connectivity index (χ4n) is 0.929. The zero-order valence-electron chi connectivity index (χ0n) is 8.59. The van der Waals surface area contributed by atoms with Gasteiger partial charge in [0.1, 0.15) is 0 Å². The first-order valence-corrected chi connectivity index (χ1v) is 4.43. The predicted octanol–water partition coefficient (Wildman–Crippen LogP) is 0.893. The summed E-state index contributed by atoms with van der Waals surface area (Å²) in [6.45, 7) is 6.92. The molecule has 0 aliphatic carbocycles. The lowest BCUT2D eigenvalue weighted by Crippen LogP contribution is -2.33. The maximum absolute atomic E-state index is 5.19. The Morgan fingerprint density at radius 2 is 1.83 bits per heavy atom. The second-order valence-corrected chi connectivity index (χ2v) is 3.37. The van der Waals surface area contributed by atoms with Gasteiger partial charge in [-0.25, -0.2) is 0 Å². The quantitative estimate of drug-likeness (QED) is 0.623. The van der Waals surface area contributed by atoms with Gasteiger partial charge >= 0.3 is 0 Å². The highest BCUT2D eigenvalue weighted by molar-refractivity contribution is 4.60. The third kappa shape index (κ3) is 6.58. The molecule has 0 saturated carbocycles. The fraction of sp³-hybridized carbons (Fsp3) is 1.00. The summed E-state index contributed by atoms with van der Waals surface area (Å²) in [6.07, 6.45) is 0.175. The van der Waals surface area contributed by atoms with Crippen molar-refractivity contribution in [3.63, 3.8) is 0 Å². The van der Waals surface area contributed by atoms with Crippen LogP contribution in [0.15, 0.2) is 0 Å². The second kappa shape index (κ2) is 7.53. The van der Waals surface area contributed by atoms with E-state index >= 15 is 0 Å². The van der Waals surface area contributed by atoms with E-state index in [1.54, 1.807) is 14.2 Å². The Kier molecular flexibility index (Phi) is 7.45. The Balaban J connectivity index is 3.31. The van der Waals surface area contributed by atoms with E-state index < -0.39 is 0 Å². The van der Waals surface area contributed by atoms with Gasteiger partial charge in [-0.3, -0.25) is 0 Å². The standard InChI is InChI=1S/C9H21NO2/c1-8(2)5-10-6-9(12-4)7-11-3/h8-10H,5-7H2,1-4H3. The first-order valence-electron chi connectivity index (χ1n) is 4.43. The van der Waals surface area contributed by atoms with Crippen LogP contribution in [0.25, 0.3) is 0 Å². The normalized spacial score (nSPS) is 13.8. The first kappa shape index (κ1) is 11.9. The van der Waals surface area contributed by atoms with Gasteiger partial charge < -0.3 is 14.8 Å². The van der Waals surface area contributed by atoms with Gasteiger partial charge in [0.2, 0.25) is 0 Å². The van der Waals surface area contributed by atoms with Crippen molar-refractivity contribution in [3.05, 3.63) is 0 Å². The number of hydrogen-bond donors (Lipinski definition) is 1. The molecule has 0 amide bonds. The monoisotopic (exact) mass is 175 g/mol. The summed E-state index contributed by atoms with van der Waals surface area (Å²) in [7, 11) is 3.40. The van der Waals surface area contributed by atoms with Crippen LogP contribution in [0.5, 0.6) is 0 Å². The van der Waals surface area contributed by atoms with Crippen LogP contribution in [0.3, 0.4) is 0 Å². The Morgan fingerprint density at radius 1 is 1.17 bits per heavy atom. The summed E-state index contributed by atoms with van der Waals surface area (Å²) in [5.74, 6) is 0.685. The molecule has 0 bridgehead atoms.